The second kappa shape index (κ2) is 6.92. The Morgan fingerprint density at radius 3 is 2.16 bits per heavy atom. The predicted octanol–water partition coefficient (Wildman–Crippen LogP) is 2.94. The Labute approximate surface area is 113 Å². The Bertz CT molecular complexity index is 452. The van der Waals surface area contributed by atoms with Gasteiger partial charge in [0.05, 0.1) is 11.1 Å². The van der Waals surface area contributed by atoms with Crippen molar-refractivity contribution in [2.24, 2.45) is 5.92 Å². The number of carbonyl (C=O) groups is 2. The van der Waals surface area contributed by atoms with Crippen LogP contribution in [0.5, 0.6) is 0 Å². The van der Waals surface area contributed by atoms with Crippen molar-refractivity contribution in [3.63, 3.8) is 0 Å². The van der Waals surface area contributed by atoms with Gasteiger partial charge in [0.1, 0.15) is 0 Å². The van der Waals surface area contributed by atoms with Crippen LogP contribution in [0.15, 0.2) is 24.3 Å². The van der Waals surface area contributed by atoms with Gasteiger partial charge in [-0.15, -0.1) is 0 Å². The van der Waals surface area contributed by atoms with Crippen LogP contribution in [0.25, 0.3) is 0 Å². The zero-order chi connectivity index (χ0) is 14.4. The Hall–Kier alpha value is -1.84. The van der Waals surface area contributed by atoms with Gasteiger partial charge in [0.25, 0.3) is 5.91 Å². The number of carboxylic acid groups (broad SMARTS) is 1. The largest absolute Gasteiger partial charge is 0.478 e. The third kappa shape index (κ3) is 3.81. The molecule has 0 saturated heterocycles. The summed E-state index contributed by atoms with van der Waals surface area (Å²) in [4.78, 5) is 23.2. The smallest absolute Gasteiger partial charge is 0.336 e. The van der Waals surface area contributed by atoms with Crippen molar-refractivity contribution in [1.29, 1.82) is 0 Å². The summed E-state index contributed by atoms with van der Waals surface area (Å²) in [7, 11) is 0. The fourth-order valence-electron chi connectivity index (χ4n) is 2.27. The van der Waals surface area contributed by atoms with Gasteiger partial charge in [-0.2, -0.15) is 0 Å². The molecule has 0 heterocycles. The monoisotopic (exact) mass is 263 g/mol. The summed E-state index contributed by atoms with van der Waals surface area (Å²) >= 11 is 0. The highest BCUT2D eigenvalue weighted by Gasteiger charge is 2.20. The summed E-state index contributed by atoms with van der Waals surface area (Å²) in [5, 5.41) is 12.0. The molecule has 0 spiro atoms. The zero-order valence-corrected chi connectivity index (χ0v) is 11.6. The van der Waals surface area contributed by atoms with Crippen LogP contribution in [0, 0.1) is 5.92 Å². The first-order chi connectivity index (χ1) is 9.01. The van der Waals surface area contributed by atoms with Crippen molar-refractivity contribution < 1.29 is 14.7 Å². The molecule has 0 fully saturated rings. The third-order valence-electron chi connectivity index (χ3n) is 3.52. The van der Waals surface area contributed by atoms with E-state index in [1.807, 2.05) is 6.92 Å². The summed E-state index contributed by atoms with van der Waals surface area (Å²) < 4.78 is 0. The standard InChI is InChI=1S/C15H21NO3/c1-4-11(5-2)10(3)16-14(17)12-8-6-7-9-13(12)15(18)19/h6-11H,4-5H2,1-3H3,(H,16,17)(H,18,19). The van der Waals surface area contributed by atoms with Gasteiger partial charge in [-0.05, 0) is 25.0 Å². The minimum atomic E-state index is -1.08. The molecule has 1 unspecified atom stereocenters. The highest BCUT2D eigenvalue weighted by molar-refractivity contribution is 6.04. The average Bonchev–Trinajstić information content (AvgIpc) is 2.40. The van der Waals surface area contributed by atoms with Crippen LogP contribution in [0.4, 0.5) is 0 Å². The SMILES string of the molecule is CCC(CC)C(C)NC(=O)c1ccccc1C(=O)O. The van der Waals surface area contributed by atoms with Gasteiger partial charge in [-0.1, -0.05) is 38.8 Å². The molecule has 0 bridgehead atoms. The first-order valence-electron chi connectivity index (χ1n) is 6.64. The number of aromatic carboxylic acids is 1. The number of nitrogens with one attached hydrogen (secondary N) is 1. The average molecular weight is 263 g/mol. The highest BCUT2D eigenvalue weighted by Crippen LogP contribution is 2.14. The molecule has 4 heteroatoms. The van der Waals surface area contributed by atoms with E-state index in [1.54, 1.807) is 18.2 Å². The summed E-state index contributed by atoms with van der Waals surface area (Å²) in [6.07, 6.45) is 1.97. The molecule has 1 amide bonds. The quantitative estimate of drug-likeness (QED) is 0.829. The van der Waals surface area contributed by atoms with Crippen LogP contribution in [-0.2, 0) is 0 Å². The van der Waals surface area contributed by atoms with Gasteiger partial charge >= 0.3 is 5.97 Å². The lowest BCUT2D eigenvalue weighted by Gasteiger charge is -2.22. The van der Waals surface area contributed by atoms with Crippen LogP contribution in [0.3, 0.4) is 0 Å². The number of amides is 1. The van der Waals surface area contributed by atoms with E-state index in [-0.39, 0.29) is 23.1 Å². The van der Waals surface area contributed by atoms with Crippen LogP contribution < -0.4 is 5.32 Å². The summed E-state index contributed by atoms with van der Waals surface area (Å²) in [6, 6.07) is 6.30. The molecule has 0 aliphatic carbocycles. The molecule has 0 aliphatic rings. The highest BCUT2D eigenvalue weighted by atomic mass is 16.4. The zero-order valence-electron chi connectivity index (χ0n) is 11.6. The lowest BCUT2D eigenvalue weighted by Crippen LogP contribution is -2.38. The van der Waals surface area contributed by atoms with E-state index in [4.69, 9.17) is 5.11 Å². The van der Waals surface area contributed by atoms with E-state index in [9.17, 15) is 9.59 Å². The van der Waals surface area contributed by atoms with Crippen molar-refractivity contribution in [3.05, 3.63) is 35.4 Å². The number of benzene rings is 1. The Balaban J connectivity index is 2.87. The molecule has 2 N–H and O–H groups in total. The Kier molecular flexibility index (Phi) is 5.55. The van der Waals surface area contributed by atoms with E-state index in [1.165, 1.54) is 6.07 Å². The van der Waals surface area contributed by atoms with Gasteiger partial charge in [-0.3, -0.25) is 4.79 Å². The summed E-state index contributed by atoms with van der Waals surface area (Å²) in [6.45, 7) is 6.13. The Morgan fingerprint density at radius 2 is 1.68 bits per heavy atom. The summed E-state index contributed by atoms with van der Waals surface area (Å²) in [5.74, 6) is -1.00. The molecule has 1 aromatic rings. The van der Waals surface area contributed by atoms with Crippen LogP contribution in [0.1, 0.15) is 54.3 Å². The maximum absolute atomic E-state index is 12.1. The third-order valence-corrected chi connectivity index (χ3v) is 3.52. The van der Waals surface area contributed by atoms with E-state index < -0.39 is 5.97 Å². The first-order valence-corrected chi connectivity index (χ1v) is 6.64. The lowest BCUT2D eigenvalue weighted by atomic mass is 9.95. The number of carbonyl (C=O) groups excluding carboxylic acids is 1. The molecule has 0 aliphatic heterocycles. The number of hydrogen-bond donors (Lipinski definition) is 2. The fourth-order valence-corrected chi connectivity index (χ4v) is 2.27. The van der Waals surface area contributed by atoms with E-state index >= 15 is 0 Å². The fraction of sp³-hybridized carbons (Fsp3) is 0.467. The molecule has 0 aromatic heterocycles. The second-order valence-electron chi connectivity index (χ2n) is 4.69. The van der Waals surface area contributed by atoms with Crippen molar-refractivity contribution in [1.82, 2.24) is 5.32 Å². The minimum Gasteiger partial charge on any atom is -0.478 e. The van der Waals surface area contributed by atoms with Crippen molar-refractivity contribution >= 4 is 11.9 Å². The molecule has 19 heavy (non-hydrogen) atoms. The summed E-state index contributed by atoms with van der Waals surface area (Å²) in [5.41, 5.74) is 0.254. The van der Waals surface area contributed by atoms with Crippen molar-refractivity contribution in [2.45, 2.75) is 39.7 Å². The first kappa shape index (κ1) is 15.2. The van der Waals surface area contributed by atoms with Gasteiger partial charge in [0.2, 0.25) is 0 Å². The van der Waals surface area contributed by atoms with Crippen LogP contribution in [-0.4, -0.2) is 23.0 Å². The van der Waals surface area contributed by atoms with Gasteiger partial charge < -0.3 is 10.4 Å². The molecular weight excluding hydrogens is 242 g/mol. The number of rotatable bonds is 6. The lowest BCUT2D eigenvalue weighted by molar-refractivity contribution is 0.0690. The number of carboxylic acids is 1. The van der Waals surface area contributed by atoms with Gasteiger partial charge in [0, 0.05) is 6.04 Å². The topological polar surface area (TPSA) is 66.4 Å². The Morgan fingerprint density at radius 1 is 1.16 bits per heavy atom. The van der Waals surface area contributed by atoms with Crippen molar-refractivity contribution in [3.8, 4) is 0 Å². The van der Waals surface area contributed by atoms with Gasteiger partial charge in [0.15, 0.2) is 0 Å². The van der Waals surface area contributed by atoms with Crippen LogP contribution >= 0.6 is 0 Å². The maximum Gasteiger partial charge on any atom is 0.336 e. The maximum atomic E-state index is 12.1. The predicted molar refractivity (Wildman–Crippen MR) is 74.4 cm³/mol. The molecular formula is C15H21NO3. The van der Waals surface area contributed by atoms with Crippen molar-refractivity contribution in [2.75, 3.05) is 0 Å². The molecule has 0 saturated carbocycles. The second-order valence-corrected chi connectivity index (χ2v) is 4.69. The molecule has 1 atom stereocenters. The van der Waals surface area contributed by atoms with E-state index in [0.29, 0.717) is 5.92 Å². The van der Waals surface area contributed by atoms with E-state index in [0.717, 1.165) is 12.8 Å². The molecule has 0 radical (unpaired) electrons. The normalized spacial score (nSPS) is 12.2. The minimum absolute atomic E-state index is 0.0318. The van der Waals surface area contributed by atoms with Crippen LogP contribution in [0.2, 0.25) is 0 Å². The molecule has 4 nitrogen and oxygen atoms in total. The molecule has 1 rings (SSSR count). The van der Waals surface area contributed by atoms with Gasteiger partial charge in [-0.25, -0.2) is 4.79 Å². The van der Waals surface area contributed by atoms with E-state index in [2.05, 4.69) is 19.2 Å². The number of hydrogen-bond acceptors (Lipinski definition) is 2. The molecule has 1 aromatic carbocycles. The molecule has 104 valence electrons.